The maximum Gasteiger partial charge on any atom is 0.213 e. The molecule has 148 valence electrons. The number of morpholine rings is 1. The Morgan fingerprint density at radius 3 is 2.96 bits per heavy atom. The molecule has 0 amide bonds. The molecular weight excluding hydrogens is 445 g/mol. The quantitative estimate of drug-likeness (QED) is 0.354. The number of aliphatic imine (C=N–C) groups is 1. The summed E-state index contributed by atoms with van der Waals surface area (Å²) in [6.07, 6.45) is 1.93. The molecule has 1 aliphatic heterocycles. The number of aromatic nitrogens is 1. The van der Waals surface area contributed by atoms with Crippen molar-refractivity contribution in [3.63, 3.8) is 0 Å². The van der Waals surface area contributed by atoms with Gasteiger partial charge in [0.2, 0.25) is 5.88 Å². The van der Waals surface area contributed by atoms with Crippen molar-refractivity contribution >= 4 is 29.9 Å². The number of rotatable bonds is 7. The van der Waals surface area contributed by atoms with Crippen molar-refractivity contribution in [2.45, 2.75) is 26.5 Å². The third-order valence-electron chi connectivity index (χ3n) is 4.04. The third-order valence-corrected chi connectivity index (χ3v) is 4.04. The van der Waals surface area contributed by atoms with E-state index in [-0.39, 0.29) is 30.1 Å². The number of pyridine rings is 1. The van der Waals surface area contributed by atoms with Crippen molar-refractivity contribution in [2.24, 2.45) is 10.9 Å². The number of hydrogen-bond acceptors (Lipinski definition) is 5. The van der Waals surface area contributed by atoms with Gasteiger partial charge < -0.3 is 20.1 Å². The van der Waals surface area contributed by atoms with Gasteiger partial charge in [0.1, 0.15) is 0 Å². The molecule has 2 heterocycles. The van der Waals surface area contributed by atoms with Gasteiger partial charge in [-0.25, -0.2) is 4.98 Å². The summed E-state index contributed by atoms with van der Waals surface area (Å²) in [5.74, 6) is 2.06. The fourth-order valence-corrected chi connectivity index (χ4v) is 2.88. The highest BCUT2D eigenvalue weighted by Crippen LogP contribution is 2.09. The Morgan fingerprint density at radius 1 is 1.46 bits per heavy atom. The largest absolute Gasteiger partial charge is 0.481 e. The first-order valence-electron chi connectivity index (χ1n) is 8.88. The maximum absolute atomic E-state index is 5.87. The molecule has 0 radical (unpaired) electrons. The molecule has 1 aliphatic rings. The van der Waals surface area contributed by atoms with Gasteiger partial charge in [-0.2, -0.15) is 0 Å². The second kappa shape index (κ2) is 12.3. The highest BCUT2D eigenvalue weighted by molar-refractivity contribution is 14.0. The van der Waals surface area contributed by atoms with Crippen molar-refractivity contribution in [1.29, 1.82) is 0 Å². The van der Waals surface area contributed by atoms with Crippen LogP contribution < -0.4 is 15.4 Å². The summed E-state index contributed by atoms with van der Waals surface area (Å²) < 4.78 is 11.0. The van der Waals surface area contributed by atoms with E-state index in [4.69, 9.17) is 9.47 Å². The zero-order valence-electron chi connectivity index (χ0n) is 16.2. The van der Waals surface area contributed by atoms with Gasteiger partial charge in [0.05, 0.1) is 19.8 Å². The standard InChI is InChI=1S/C18H31N5O2.HI/c1-14(2)12-23-7-8-25-16(13-23)11-22-18(19-3)21-10-15-5-6-20-17(9-15)24-4;/h5-6,9,14,16H,7-8,10-13H2,1-4H3,(H2,19,21,22);1H. The molecule has 8 heteroatoms. The number of ether oxygens (including phenoxy) is 2. The van der Waals surface area contributed by atoms with Crippen LogP contribution in [0.5, 0.6) is 5.88 Å². The lowest BCUT2D eigenvalue weighted by Crippen LogP contribution is -2.50. The number of nitrogens with one attached hydrogen (secondary N) is 2. The van der Waals surface area contributed by atoms with E-state index in [1.807, 2.05) is 12.1 Å². The van der Waals surface area contributed by atoms with Gasteiger partial charge in [-0.3, -0.25) is 9.89 Å². The predicted molar refractivity (Wildman–Crippen MR) is 115 cm³/mol. The number of guanidine groups is 1. The number of methoxy groups -OCH3 is 1. The van der Waals surface area contributed by atoms with Crippen molar-refractivity contribution in [3.8, 4) is 5.88 Å². The van der Waals surface area contributed by atoms with Gasteiger partial charge in [0, 0.05) is 52.0 Å². The fourth-order valence-electron chi connectivity index (χ4n) is 2.88. The first-order valence-corrected chi connectivity index (χ1v) is 8.88. The summed E-state index contributed by atoms with van der Waals surface area (Å²) in [6.45, 7) is 9.80. The molecule has 7 nitrogen and oxygen atoms in total. The molecule has 26 heavy (non-hydrogen) atoms. The number of hydrogen-bond donors (Lipinski definition) is 2. The Bertz CT molecular complexity index is 556. The van der Waals surface area contributed by atoms with Gasteiger partial charge >= 0.3 is 0 Å². The van der Waals surface area contributed by atoms with Gasteiger partial charge in [-0.05, 0) is 17.5 Å². The van der Waals surface area contributed by atoms with Crippen LogP contribution in [-0.2, 0) is 11.3 Å². The summed E-state index contributed by atoms with van der Waals surface area (Å²) in [6, 6.07) is 3.87. The predicted octanol–water partition coefficient (Wildman–Crippen LogP) is 1.73. The lowest BCUT2D eigenvalue weighted by atomic mass is 10.2. The number of nitrogens with zero attached hydrogens (tertiary/aromatic N) is 3. The molecule has 2 N–H and O–H groups in total. The minimum atomic E-state index is 0. The zero-order chi connectivity index (χ0) is 18.1. The van der Waals surface area contributed by atoms with Crippen LogP contribution in [0, 0.1) is 5.92 Å². The van der Waals surface area contributed by atoms with Gasteiger partial charge in [-0.15, -0.1) is 24.0 Å². The van der Waals surface area contributed by atoms with Crippen LogP contribution in [0.25, 0.3) is 0 Å². The zero-order valence-corrected chi connectivity index (χ0v) is 18.5. The lowest BCUT2D eigenvalue weighted by molar-refractivity contribution is -0.0284. The monoisotopic (exact) mass is 477 g/mol. The molecule has 1 unspecified atom stereocenters. The molecule has 0 aromatic carbocycles. The normalized spacial score (nSPS) is 18.3. The smallest absolute Gasteiger partial charge is 0.213 e. The topological polar surface area (TPSA) is 71.0 Å². The second-order valence-corrected chi connectivity index (χ2v) is 6.66. The molecular formula is C18H32IN5O2. The second-order valence-electron chi connectivity index (χ2n) is 6.66. The molecule has 1 fully saturated rings. The average molecular weight is 477 g/mol. The Kier molecular flexibility index (Phi) is 10.8. The van der Waals surface area contributed by atoms with Crippen molar-refractivity contribution < 1.29 is 9.47 Å². The minimum absolute atomic E-state index is 0. The number of halogens is 1. The summed E-state index contributed by atoms with van der Waals surface area (Å²) >= 11 is 0. The van der Waals surface area contributed by atoms with Gasteiger partial charge in [0.15, 0.2) is 5.96 Å². The van der Waals surface area contributed by atoms with Crippen LogP contribution in [0.2, 0.25) is 0 Å². The summed E-state index contributed by atoms with van der Waals surface area (Å²) in [5.41, 5.74) is 1.09. The van der Waals surface area contributed by atoms with Crippen molar-refractivity contribution in [2.75, 3.05) is 46.9 Å². The molecule has 0 saturated carbocycles. The minimum Gasteiger partial charge on any atom is -0.481 e. The first-order chi connectivity index (χ1) is 12.1. The van der Waals surface area contributed by atoms with Crippen molar-refractivity contribution in [1.82, 2.24) is 20.5 Å². The Labute approximate surface area is 174 Å². The van der Waals surface area contributed by atoms with E-state index in [9.17, 15) is 0 Å². The summed E-state index contributed by atoms with van der Waals surface area (Å²) in [5, 5.41) is 6.66. The van der Waals surface area contributed by atoms with E-state index in [0.717, 1.165) is 44.3 Å². The highest BCUT2D eigenvalue weighted by Gasteiger charge is 2.21. The maximum atomic E-state index is 5.87. The van der Waals surface area contributed by atoms with Gasteiger partial charge in [-0.1, -0.05) is 13.8 Å². The summed E-state index contributed by atoms with van der Waals surface area (Å²) in [4.78, 5) is 10.9. The van der Waals surface area contributed by atoms with E-state index < -0.39 is 0 Å². The lowest BCUT2D eigenvalue weighted by Gasteiger charge is -2.34. The molecule has 0 spiro atoms. The molecule has 1 aromatic heterocycles. The van der Waals surface area contributed by atoms with Crippen LogP contribution in [0.15, 0.2) is 23.3 Å². The molecule has 2 rings (SSSR count). The van der Waals surface area contributed by atoms with Crippen LogP contribution in [0.4, 0.5) is 0 Å². The van der Waals surface area contributed by atoms with E-state index in [1.165, 1.54) is 0 Å². The Morgan fingerprint density at radius 2 is 2.27 bits per heavy atom. The third kappa shape index (κ3) is 8.05. The molecule has 1 aromatic rings. The van der Waals surface area contributed by atoms with Crippen LogP contribution in [0.3, 0.4) is 0 Å². The van der Waals surface area contributed by atoms with Crippen molar-refractivity contribution in [3.05, 3.63) is 23.9 Å². The Balaban J connectivity index is 0.00000338. The van der Waals surface area contributed by atoms with E-state index in [0.29, 0.717) is 18.3 Å². The molecule has 0 bridgehead atoms. The molecule has 0 aliphatic carbocycles. The van der Waals surface area contributed by atoms with Crippen LogP contribution in [-0.4, -0.2) is 68.9 Å². The van der Waals surface area contributed by atoms with E-state index in [1.54, 1.807) is 20.4 Å². The SMILES string of the molecule is CN=C(NCc1ccnc(OC)c1)NCC1CN(CC(C)C)CCO1.I. The van der Waals surface area contributed by atoms with Gasteiger partial charge in [0.25, 0.3) is 0 Å². The van der Waals surface area contributed by atoms with E-state index >= 15 is 0 Å². The highest BCUT2D eigenvalue weighted by atomic mass is 127. The Hall–Kier alpha value is -1.13. The average Bonchev–Trinajstić information content (AvgIpc) is 2.62. The first kappa shape index (κ1) is 22.9. The van der Waals surface area contributed by atoms with Crippen LogP contribution in [0.1, 0.15) is 19.4 Å². The van der Waals surface area contributed by atoms with E-state index in [2.05, 4.69) is 39.4 Å². The molecule has 1 saturated heterocycles. The summed E-state index contributed by atoms with van der Waals surface area (Å²) in [7, 11) is 3.39. The van der Waals surface area contributed by atoms with Crippen LogP contribution >= 0.6 is 24.0 Å². The molecule has 1 atom stereocenters. The fraction of sp³-hybridized carbons (Fsp3) is 0.667.